The minimum Gasteiger partial charge on any atom is -0.478 e. The molecule has 0 radical (unpaired) electrons. The second kappa shape index (κ2) is 6.71. The molecule has 0 fully saturated rings. The third kappa shape index (κ3) is 4.04. The Hall–Kier alpha value is -1.89. The van der Waals surface area contributed by atoms with Crippen molar-refractivity contribution in [3.63, 3.8) is 0 Å². The Bertz CT molecular complexity index is 578. The van der Waals surface area contributed by atoms with E-state index in [1.54, 1.807) is 13.8 Å². The van der Waals surface area contributed by atoms with Crippen molar-refractivity contribution in [3.8, 4) is 0 Å². The van der Waals surface area contributed by atoms with Gasteiger partial charge in [-0.3, -0.25) is 9.59 Å². The molecule has 0 bridgehead atoms. The van der Waals surface area contributed by atoms with Gasteiger partial charge in [-0.15, -0.1) is 11.3 Å². The Balaban J connectivity index is 3.04. The average Bonchev–Trinajstić information content (AvgIpc) is 2.61. The summed E-state index contributed by atoms with van der Waals surface area (Å²) in [5.74, 6) is -1.90. The third-order valence-electron chi connectivity index (χ3n) is 3.14. The van der Waals surface area contributed by atoms with Crippen molar-refractivity contribution in [1.82, 2.24) is 5.32 Å². The van der Waals surface area contributed by atoms with E-state index in [4.69, 9.17) is 0 Å². The van der Waals surface area contributed by atoms with E-state index in [-0.39, 0.29) is 17.4 Å². The minimum absolute atomic E-state index is 0.107. The number of carboxylic acid groups (broad SMARTS) is 1. The molecule has 21 heavy (non-hydrogen) atoms. The molecule has 7 heteroatoms. The maximum Gasteiger partial charge on any atom is 0.338 e. The molecule has 0 saturated heterocycles. The van der Waals surface area contributed by atoms with E-state index in [1.165, 1.54) is 18.3 Å². The molecular weight excluding hydrogens is 292 g/mol. The van der Waals surface area contributed by atoms with Crippen LogP contribution in [0.25, 0.3) is 0 Å². The predicted octanol–water partition coefficient (Wildman–Crippen LogP) is 2.16. The first-order valence-corrected chi connectivity index (χ1v) is 7.38. The molecule has 0 aromatic carbocycles. The van der Waals surface area contributed by atoms with Gasteiger partial charge in [0.1, 0.15) is 11.0 Å². The largest absolute Gasteiger partial charge is 0.478 e. The maximum atomic E-state index is 12.3. The second-order valence-corrected chi connectivity index (χ2v) is 6.43. The van der Waals surface area contributed by atoms with E-state index in [0.29, 0.717) is 10.6 Å². The van der Waals surface area contributed by atoms with Crippen LogP contribution in [0.15, 0.2) is 0 Å². The van der Waals surface area contributed by atoms with Gasteiger partial charge in [0.15, 0.2) is 0 Å². The molecular formula is C14H20N2O4S. The van der Waals surface area contributed by atoms with Gasteiger partial charge in [-0.25, -0.2) is 4.79 Å². The normalized spacial score (nSPS) is 12.1. The molecule has 0 aliphatic carbocycles. The molecule has 1 aromatic rings. The average molecular weight is 312 g/mol. The highest BCUT2D eigenvalue weighted by atomic mass is 32.1. The number of carbonyl (C=O) groups excluding carboxylic acids is 2. The topological polar surface area (TPSA) is 95.5 Å². The molecule has 1 rings (SSSR count). The van der Waals surface area contributed by atoms with Crippen molar-refractivity contribution in [3.05, 3.63) is 16.0 Å². The molecule has 0 aliphatic rings. The zero-order valence-electron chi connectivity index (χ0n) is 12.7. The Morgan fingerprint density at radius 1 is 1.19 bits per heavy atom. The fourth-order valence-electron chi connectivity index (χ4n) is 1.92. The van der Waals surface area contributed by atoms with E-state index in [2.05, 4.69) is 10.6 Å². The summed E-state index contributed by atoms with van der Waals surface area (Å²) < 4.78 is 0. The molecule has 116 valence electrons. The van der Waals surface area contributed by atoms with Crippen LogP contribution in [0.3, 0.4) is 0 Å². The molecule has 3 N–H and O–H groups in total. The van der Waals surface area contributed by atoms with Crippen LogP contribution in [0.1, 0.15) is 41.6 Å². The van der Waals surface area contributed by atoms with Gasteiger partial charge < -0.3 is 15.7 Å². The van der Waals surface area contributed by atoms with Crippen molar-refractivity contribution >= 4 is 34.1 Å². The number of amides is 2. The fourth-order valence-corrected chi connectivity index (χ4v) is 2.97. The number of aromatic carboxylic acids is 1. The van der Waals surface area contributed by atoms with Crippen LogP contribution in [0.5, 0.6) is 0 Å². The number of carbonyl (C=O) groups is 3. The fraction of sp³-hybridized carbons (Fsp3) is 0.500. The number of thiophene rings is 1. The number of hydrogen-bond donors (Lipinski definition) is 3. The molecule has 1 atom stereocenters. The molecule has 1 unspecified atom stereocenters. The summed E-state index contributed by atoms with van der Waals surface area (Å²) >= 11 is 1.22. The molecule has 1 aromatic heterocycles. The van der Waals surface area contributed by atoms with Crippen LogP contribution in [-0.2, 0) is 9.59 Å². The summed E-state index contributed by atoms with van der Waals surface area (Å²) in [7, 11) is 0. The van der Waals surface area contributed by atoms with Crippen molar-refractivity contribution in [2.75, 3.05) is 5.32 Å². The lowest BCUT2D eigenvalue weighted by atomic mass is 10.0. The van der Waals surface area contributed by atoms with Gasteiger partial charge in [0.2, 0.25) is 11.8 Å². The van der Waals surface area contributed by atoms with Crippen LogP contribution >= 0.6 is 11.3 Å². The van der Waals surface area contributed by atoms with Crippen LogP contribution in [0.4, 0.5) is 5.00 Å². The quantitative estimate of drug-likeness (QED) is 0.776. The van der Waals surface area contributed by atoms with Gasteiger partial charge >= 0.3 is 5.97 Å². The van der Waals surface area contributed by atoms with E-state index < -0.39 is 17.9 Å². The van der Waals surface area contributed by atoms with Crippen molar-refractivity contribution in [2.24, 2.45) is 5.92 Å². The Labute approximate surface area is 127 Å². The Morgan fingerprint density at radius 2 is 1.76 bits per heavy atom. The SMILES string of the molecule is CC(=O)NC(C(=O)Nc1sc(C)c(C)c1C(=O)O)C(C)C. The van der Waals surface area contributed by atoms with Gasteiger partial charge in [0, 0.05) is 11.8 Å². The summed E-state index contributed by atoms with van der Waals surface area (Å²) in [4.78, 5) is 35.6. The molecule has 0 aliphatic heterocycles. The molecule has 0 saturated carbocycles. The lowest BCUT2D eigenvalue weighted by molar-refractivity contribution is -0.126. The highest BCUT2D eigenvalue weighted by Crippen LogP contribution is 2.32. The van der Waals surface area contributed by atoms with E-state index in [9.17, 15) is 19.5 Å². The predicted molar refractivity (Wildman–Crippen MR) is 81.8 cm³/mol. The van der Waals surface area contributed by atoms with Gasteiger partial charge in [0.05, 0.1) is 5.56 Å². The van der Waals surface area contributed by atoms with Crippen molar-refractivity contribution < 1.29 is 19.5 Å². The summed E-state index contributed by atoms with van der Waals surface area (Å²) in [6.07, 6.45) is 0. The highest BCUT2D eigenvalue weighted by Gasteiger charge is 2.26. The number of hydrogen-bond acceptors (Lipinski definition) is 4. The maximum absolute atomic E-state index is 12.3. The molecule has 6 nitrogen and oxygen atoms in total. The van der Waals surface area contributed by atoms with Crippen LogP contribution in [-0.4, -0.2) is 28.9 Å². The smallest absolute Gasteiger partial charge is 0.338 e. The lowest BCUT2D eigenvalue weighted by Crippen LogP contribution is -2.46. The molecule has 0 spiro atoms. The van der Waals surface area contributed by atoms with E-state index in [1.807, 2.05) is 13.8 Å². The number of nitrogens with one attached hydrogen (secondary N) is 2. The number of aryl methyl sites for hydroxylation is 1. The van der Waals surface area contributed by atoms with E-state index >= 15 is 0 Å². The third-order valence-corrected chi connectivity index (χ3v) is 4.27. The summed E-state index contributed by atoms with van der Waals surface area (Å²) in [5.41, 5.74) is 0.750. The first kappa shape index (κ1) is 17.2. The number of rotatable bonds is 5. The van der Waals surface area contributed by atoms with E-state index in [0.717, 1.165) is 4.88 Å². The lowest BCUT2D eigenvalue weighted by Gasteiger charge is -2.20. The Kier molecular flexibility index (Phi) is 5.48. The van der Waals surface area contributed by atoms with Crippen LogP contribution in [0.2, 0.25) is 0 Å². The first-order valence-electron chi connectivity index (χ1n) is 6.56. The number of anilines is 1. The number of carboxylic acids is 1. The second-order valence-electron chi connectivity index (χ2n) is 5.20. The van der Waals surface area contributed by atoms with Crippen molar-refractivity contribution in [2.45, 2.75) is 40.7 Å². The van der Waals surface area contributed by atoms with Crippen LogP contribution < -0.4 is 10.6 Å². The van der Waals surface area contributed by atoms with Gasteiger partial charge in [-0.05, 0) is 25.3 Å². The summed E-state index contributed by atoms with van der Waals surface area (Å²) in [5, 5.41) is 14.8. The first-order chi connectivity index (χ1) is 9.65. The monoisotopic (exact) mass is 312 g/mol. The molecule has 1 heterocycles. The van der Waals surface area contributed by atoms with Gasteiger partial charge in [0.25, 0.3) is 0 Å². The van der Waals surface area contributed by atoms with Gasteiger partial charge in [-0.1, -0.05) is 13.8 Å². The van der Waals surface area contributed by atoms with Gasteiger partial charge in [-0.2, -0.15) is 0 Å². The zero-order chi connectivity index (χ0) is 16.3. The Morgan fingerprint density at radius 3 is 2.19 bits per heavy atom. The van der Waals surface area contributed by atoms with Crippen molar-refractivity contribution in [1.29, 1.82) is 0 Å². The molecule has 2 amide bonds. The highest BCUT2D eigenvalue weighted by molar-refractivity contribution is 7.16. The summed E-state index contributed by atoms with van der Waals surface area (Å²) in [6.45, 7) is 8.46. The summed E-state index contributed by atoms with van der Waals surface area (Å²) in [6, 6.07) is -0.702. The minimum atomic E-state index is -1.08. The standard InChI is InChI=1S/C14H20N2O4S/c1-6(2)11(15-9(5)17)12(18)16-13-10(14(19)20)7(3)8(4)21-13/h6,11H,1-5H3,(H,15,17)(H,16,18)(H,19,20). The zero-order valence-corrected chi connectivity index (χ0v) is 13.6. The van der Waals surface area contributed by atoms with Crippen LogP contribution in [0, 0.1) is 19.8 Å².